The predicted molar refractivity (Wildman–Crippen MR) is 95.1 cm³/mol. The van der Waals surface area contributed by atoms with Gasteiger partial charge in [0.2, 0.25) is 5.88 Å². The number of nitrogens with zero attached hydrogens (tertiary/aromatic N) is 1. The molecule has 0 radical (unpaired) electrons. The summed E-state index contributed by atoms with van der Waals surface area (Å²) in [6.45, 7) is 0.337. The van der Waals surface area contributed by atoms with E-state index in [2.05, 4.69) is 15.6 Å². The third kappa shape index (κ3) is 4.07. The average Bonchev–Trinajstić information content (AvgIpc) is 3.22. The van der Waals surface area contributed by atoms with Gasteiger partial charge in [0.05, 0.1) is 13.4 Å². The number of rotatable bonds is 6. The molecule has 2 amide bonds. The van der Waals surface area contributed by atoms with E-state index in [0.29, 0.717) is 17.8 Å². The summed E-state index contributed by atoms with van der Waals surface area (Å²) < 4.78 is 10.1. The summed E-state index contributed by atoms with van der Waals surface area (Å²) in [7, 11) is 1.47. The maximum absolute atomic E-state index is 12.2. The van der Waals surface area contributed by atoms with Crippen LogP contribution in [0.3, 0.4) is 0 Å². The standard InChI is InChI=1S/C19H17N3O4/c1-25-19-15(4-2-10-20-19)17(23)21-12-13-6-8-14(9-7-13)22-18(24)16-5-3-11-26-16/h2-11H,12H2,1H3,(H,21,23)(H,22,24). The number of ether oxygens (including phenoxy) is 1. The van der Waals surface area contributed by atoms with Gasteiger partial charge in [-0.25, -0.2) is 4.98 Å². The van der Waals surface area contributed by atoms with E-state index in [4.69, 9.17) is 9.15 Å². The van der Waals surface area contributed by atoms with Crippen LogP contribution in [0.5, 0.6) is 5.88 Å². The van der Waals surface area contributed by atoms with Crippen molar-refractivity contribution in [2.75, 3.05) is 12.4 Å². The normalized spacial score (nSPS) is 10.2. The molecular formula is C19H17N3O4. The quantitative estimate of drug-likeness (QED) is 0.712. The molecule has 0 aliphatic carbocycles. The highest BCUT2D eigenvalue weighted by Gasteiger charge is 2.12. The Balaban J connectivity index is 1.57. The van der Waals surface area contributed by atoms with Gasteiger partial charge in [-0.3, -0.25) is 9.59 Å². The number of furan rings is 1. The summed E-state index contributed by atoms with van der Waals surface area (Å²) in [5.74, 6) is -0.0716. The van der Waals surface area contributed by atoms with Crippen LogP contribution in [0.4, 0.5) is 5.69 Å². The molecular weight excluding hydrogens is 334 g/mol. The minimum absolute atomic E-state index is 0.242. The number of hydrogen-bond donors (Lipinski definition) is 2. The van der Waals surface area contributed by atoms with E-state index in [1.165, 1.54) is 13.4 Å². The molecule has 132 valence electrons. The van der Waals surface area contributed by atoms with Gasteiger partial charge in [-0.05, 0) is 42.0 Å². The first-order valence-electron chi connectivity index (χ1n) is 7.88. The molecule has 0 aliphatic rings. The monoisotopic (exact) mass is 351 g/mol. The molecule has 2 aromatic heterocycles. The highest BCUT2D eigenvalue weighted by molar-refractivity contribution is 6.02. The average molecular weight is 351 g/mol. The number of carbonyl (C=O) groups is 2. The van der Waals surface area contributed by atoms with E-state index >= 15 is 0 Å². The second kappa shape index (κ2) is 7.98. The van der Waals surface area contributed by atoms with Gasteiger partial charge in [0.15, 0.2) is 5.76 Å². The Hall–Kier alpha value is -3.61. The van der Waals surface area contributed by atoms with Gasteiger partial charge in [0, 0.05) is 18.4 Å². The van der Waals surface area contributed by atoms with Crippen LogP contribution in [0.1, 0.15) is 26.5 Å². The maximum Gasteiger partial charge on any atom is 0.291 e. The molecule has 26 heavy (non-hydrogen) atoms. The van der Waals surface area contributed by atoms with E-state index < -0.39 is 0 Å². The lowest BCUT2D eigenvalue weighted by atomic mass is 10.2. The summed E-state index contributed by atoms with van der Waals surface area (Å²) in [6.07, 6.45) is 3.00. The smallest absolute Gasteiger partial charge is 0.291 e. The van der Waals surface area contributed by atoms with Gasteiger partial charge >= 0.3 is 0 Å². The Kier molecular flexibility index (Phi) is 5.28. The Bertz CT molecular complexity index is 889. The number of anilines is 1. The van der Waals surface area contributed by atoms with Gasteiger partial charge in [-0.15, -0.1) is 0 Å². The van der Waals surface area contributed by atoms with E-state index in [-0.39, 0.29) is 23.5 Å². The van der Waals surface area contributed by atoms with Crippen LogP contribution in [0.25, 0.3) is 0 Å². The molecule has 0 unspecified atom stereocenters. The van der Waals surface area contributed by atoms with Crippen molar-refractivity contribution in [3.05, 3.63) is 77.9 Å². The summed E-state index contributed by atoms with van der Waals surface area (Å²) in [6, 6.07) is 13.7. The lowest BCUT2D eigenvalue weighted by molar-refractivity contribution is 0.0946. The Morgan fingerprint density at radius 1 is 1.08 bits per heavy atom. The van der Waals surface area contributed by atoms with Crippen LogP contribution >= 0.6 is 0 Å². The summed E-state index contributed by atoms with van der Waals surface area (Å²) in [5.41, 5.74) is 1.89. The zero-order chi connectivity index (χ0) is 18.4. The number of nitrogens with one attached hydrogen (secondary N) is 2. The number of pyridine rings is 1. The molecule has 0 saturated heterocycles. The van der Waals surface area contributed by atoms with E-state index in [0.717, 1.165) is 5.56 Å². The minimum Gasteiger partial charge on any atom is -0.480 e. The fourth-order valence-electron chi connectivity index (χ4n) is 2.31. The van der Waals surface area contributed by atoms with Crippen molar-refractivity contribution in [2.45, 2.75) is 6.54 Å². The number of methoxy groups -OCH3 is 1. The molecule has 7 nitrogen and oxygen atoms in total. The molecule has 0 saturated carbocycles. The third-order valence-corrected chi connectivity index (χ3v) is 3.62. The third-order valence-electron chi connectivity index (χ3n) is 3.62. The Morgan fingerprint density at radius 2 is 1.88 bits per heavy atom. The zero-order valence-electron chi connectivity index (χ0n) is 14.1. The number of hydrogen-bond acceptors (Lipinski definition) is 5. The van der Waals surface area contributed by atoms with Crippen molar-refractivity contribution in [3.8, 4) is 5.88 Å². The van der Waals surface area contributed by atoms with Crippen molar-refractivity contribution in [1.29, 1.82) is 0 Å². The number of amides is 2. The van der Waals surface area contributed by atoms with Crippen LogP contribution in [0.2, 0.25) is 0 Å². The molecule has 7 heteroatoms. The number of benzene rings is 1. The second-order valence-corrected chi connectivity index (χ2v) is 5.37. The minimum atomic E-state index is -0.320. The van der Waals surface area contributed by atoms with E-state index in [1.807, 2.05) is 12.1 Å². The van der Waals surface area contributed by atoms with Crippen molar-refractivity contribution in [1.82, 2.24) is 10.3 Å². The molecule has 0 bridgehead atoms. The van der Waals surface area contributed by atoms with Crippen molar-refractivity contribution in [2.24, 2.45) is 0 Å². The summed E-state index contributed by atoms with van der Waals surface area (Å²) in [4.78, 5) is 28.2. The lowest BCUT2D eigenvalue weighted by Crippen LogP contribution is -2.23. The van der Waals surface area contributed by atoms with Gasteiger partial charge in [0.25, 0.3) is 11.8 Å². The van der Waals surface area contributed by atoms with Gasteiger partial charge in [-0.2, -0.15) is 0 Å². The molecule has 3 rings (SSSR count). The van der Waals surface area contributed by atoms with Gasteiger partial charge < -0.3 is 19.8 Å². The van der Waals surface area contributed by atoms with Crippen molar-refractivity contribution in [3.63, 3.8) is 0 Å². The number of aromatic nitrogens is 1. The molecule has 0 atom stereocenters. The highest BCUT2D eigenvalue weighted by Crippen LogP contribution is 2.14. The van der Waals surface area contributed by atoms with Crippen LogP contribution < -0.4 is 15.4 Å². The first-order valence-corrected chi connectivity index (χ1v) is 7.88. The SMILES string of the molecule is COc1ncccc1C(=O)NCc1ccc(NC(=O)c2ccco2)cc1. The largest absolute Gasteiger partial charge is 0.480 e. The van der Waals surface area contributed by atoms with Crippen LogP contribution in [0, 0.1) is 0 Å². The Morgan fingerprint density at radius 3 is 2.58 bits per heavy atom. The fourth-order valence-corrected chi connectivity index (χ4v) is 2.31. The number of carbonyl (C=O) groups excluding carboxylic acids is 2. The molecule has 0 spiro atoms. The topological polar surface area (TPSA) is 93.5 Å². The summed E-state index contributed by atoms with van der Waals surface area (Å²) >= 11 is 0. The van der Waals surface area contributed by atoms with Crippen LogP contribution in [0.15, 0.2) is 65.4 Å². The van der Waals surface area contributed by atoms with Crippen molar-refractivity contribution >= 4 is 17.5 Å². The fraction of sp³-hybridized carbons (Fsp3) is 0.105. The highest BCUT2D eigenvalue weighted by atomic mass is 16.5. The molecule has 0 fully saturated rings. The predicted octanol–water partition coefficient (Wildman–Crippen LogP) is 2.87. The van der Waals surface area contributed by atoms with Gasteiger partial charge in [-0.1, -0.05) is 12.1 Å². The zero-order valence-corrected chi connectivity index (χ0v) is 14.1. The molecule has 1 aromatic carbocycles. The van der Waals surface area contributed by atoms with E-state index in [1.54, 1.807) is 42.6 Å². The maximum atomic E-state index is 12.2. The van der Waals surface area contributed by atoms with Crippen molar-refractivity contribution < 1.29 is 18.7 Å². The first-order chi connectivity index (χ1) is 12.7. The summed E-state index contributed by atoms with van der Waals surface area (Å²) in [5, 5.41) is 5.54. The Labute approximate surface area is 150 Å². The molecule has 0 aliphatic heterocycles. The second-order valence-electron chi connectivity index (χ2n) is 5.37. The first kappa shape index (κ1) is 17.2. The lowest BCUT2D eigenvalue weighted by Gasteiger charge is -2.09. The van der Waals surface area contributed by atoms with E-state index in [9.17, 15) is 9.59 Å². The molecule has 2 N–H and O–H groups in total. The molecule has 3 aromatic rings. The van der Waals surface area contributed by atoms with Crippen LogP contribution in [-0.4, -0.2) is 23.9 Å². The van der Waals surface area contributed by atoms with Crippen LogP contribution in [-0.2, 0) is 6.54 Å². The molecule has 2 heterocycles. The van der Waals surface area contributed by atoms with Gasteiger partial charge in [0.1, 0.15) is 5.56 Å².